The number of halogens is 5. The number of benzene rings is 2. The quantitative estimate of drug-likeness (QED) is 0.192. The molecule has 164 valence electrons. The van der Waals surface area contributed by atoms with E-state index in [0.717, 1.165) is 25.7 Å². The van der Waals surface area contributed by atoms with Gasteiger partial charge in [0, 0.05) is 11.1 Å². The molecular formula is C24H27F5O. The average molecular weight is 426 g/mol. The molecule has 6 heteroatoms. The highest BCUT2D eigenvalue weighted by molar-refractivity contribution is 5.66. The molecule has 1 nitrogen and oxygen atoms in total. The van der Waals surface area contributed by atoms with Crippen LogP contribution in [0.1, 0.15) is 51.0 Å². The minimum absolute atomic E-state index is 0.156. The van der Waals surface area contributed by atoms with E-state index in [9.17, 15) is 22.0 Å². The number of unbranched alkanes of at least 4 members (excludes halogenated alkanes) is 4. The van der Waals surface area contributed by atoms with Crippen molar-refractivity contribution in [3.8, 4) is 16.9 Å². The number of rotatable bonds is 12. The molecule has 0 amide bonds. The van der Waals surface area contributed by atoms with E-state index in [1.165, 1.54) is 24.3 Å². The lowest BCUT2D eigenvalue weighted by atomic mass is 9.99. The van der Waals surface area contributed by atoms with Crippen molar-refractivity contribution in [3.05, 3.63) is 65.2 Å². The lowest BCUT2D eigenvalue weighted by molar-refractivity contribution is 0.314. The molecule has 0 aliphatic carbocycles. The normalized spacial score (nSPS) is 11.4. The molecule has 0 aliphatic heterocycles. The molecule has 0 saturated carbocycles. The number of hydrogen-bond acceptors (Lipinski definition) is 1. The maximum absolute atomic E-state index is 14.6. The third-order valence-corrected chi connectivity index (χ3v) is 4.79. The predicted molar refractivity (Wildman–Crippen MR) is 109 cm³/mol. The van der Waals surface area contributed by atoms with Gasteiger partial charge >= 0.3 is 0 Å². The van der Waals surface area contributed by atoms with Gasteiger partial charge in [0.2, 0.25) is 5.82 Å². The summed E-state index contributed by atoms with van der Waals surface area (Å²) in [5.74, 6) is -4.99. The summed E-state index contributed by atoms with van der Waals surface area (Å²) < 4.78 is 74.4. The summed E-state index contributed by atoms with van der Waals surface area (Å²) >= 11 is 0. The Labute approximate surface area is 174 Å². The second kappa shape index (κ2) is 12.4. The number of ether oxygens (including phenoxy) is 1. The van der Waals surface area contributed by atoms with Crippen molar-refractivity contribution >= 4 is 0 Å². The Balaban J connectivity index is 1.99. The summed E-state index contributed by atoms with van der Waals surface area (Å²) in [6, 6.07) is 5.08. The molecule has 0 N–H and O–H groups in total. The zero-order chi connectivity index (χ0) is 21.9. The van der Waals surface area contributed by atoms with E-state index in [1.54, 1.807) is 6.92 Å². The van der Waals surface area contributed by atoms with Crippen molar-refractivity contribution in [1.82, 2.24) is 0 Å². The Morgan fingerprint density at radius 1 is 0.733 bits per heavy atom. The molecule has 0 aliphatic rings. The fourth-order valence-electron chi connectivity index (χ4n) is 3.18. The van der Waals surface area contributed by atoms with Crippen LogP contribution in [0.25, 0.3) is 11.1 Å². The molecule has 0 bridgehead atoms. The molecule has 2 rings (SSSR count). The van der Waals surface area contributed by atoms with Crippen molar-refractivity contribution in [2.75, 3.05) is 13.3 Å². The van der Waals surface area contributed by atoms with E-state index in [4.69, 9.17) is 4.74 Å². The minimum Gasteiger partial charge on any atom is -0.491 e. The Kier molecular flexibility index (Phi) is 9.84. The van der Waals surface area contributed by atoms with Gasteiger partial charge in [0.15, 0.2) is 23.2 Å². The van der Waals surface area contributed by atoms with Gasteiger partial charge < -0.3 is 4.74 Å². The molecule has 0 spiro atoms. The number of aryl methyl sites for hydroxylation is 1. The highest BCUT2D eigenvalue weighted by Gasteiger charge is 2.21. The van der Waals surface area contributed by atoms with Gasteiger partial charge in [-0.15, -0.1) is 0 Å². The largest absolute Gasteiger partial charge is 0.491 e. The van der Waals surface area contributed by atoms with Crippen LogP contribution >= 0.6 is 0 Å². The van der Waals surface area contributed by atoms with Gasteiger partial charge in [-0.1, -0.05) is 30.7 Å². The van der Waals surface area contributed by atoms with Crippen LogP contribution < -0.4 is 4.74 Å². The van der Waals surface area contributed by atoms with Crippen molar-refractivity contribution < 1.29 is 26.7 Å². The fourth-order valence-corrected chi connectivity index (χ4v) is 3.18. The van der Waals surface area contributed by atoms with E-state index in [-0.39, 0.29) is 35.7 Å². The Morgan fingerprint density at radius 3 is 2.03 bits per heavy atom. The van der Waals surface area contributed by atoms with Crippen LogP contribution in [0, 0.1) is 23.3 Å². The SMILES string of the molecule is CCOc1ccc(-c2ccc(CCCCC/C=C/CCCF)c(F)c2F)c(F)c1F. The summed E-state index contributed by atoms with van der Waals surface area (Å²) in [4.78, 5) is 0. The summed E-state index contributed by atoms with van der Waals surface area (Å²) in [5.41, 5.74) is -0.464. The second-order valence-electron chi connectivity index (χ2n) is 6.97. The summed E-state index contributed by atoms with van der Waals surface area (Å²) in [6.07, 6.45) is 8.88. The first-order valence-electron chi connectivity index (χ1n) is 10.3. The molecule has 2 aromatic rings. The summed E-state index contributed by atoms with van der Waals surface area (Å²) in [7, 11) is 0. The van der Waals surface area contributed by atoms with Crippen LogP contribution in [-0.4, -0.2) is 13.3 Å². The van der Waals surface area contributed by atoms with Gasteiger partial charge in [0.25, 0.3) is 0 Å². The maximum Gasteiger partial charge on any atom is 0.201 e. The number of alkyl halides is 1. The lowest BCUT2D eigenvalue weighted by Crippen LogP contribution is -2.02. The van der Waals surface area contributed by atoms with Crippen molar-refractivity contribution in [2.45, 2.75) is 51.9 Å². The van der Waals surface area contributed by atoms with E-state index >= 15 is 0 Å². The molecule has 2 aromatic carbocycles. The van der Waals surface area contributed by atoms with Gasteiger partial charge in [0.1, 0.15) is 0 Å². The zero-order valence-corrected chi connectivity index (χ0v) is 17.1. The third kappa shape index (κ3) is 6.31. The molecule has 0 fully saturated rings. The lowest BCUT2D eigenvalue weighted by Gasteiger charge is -2.12. The standard InChI is InChI=1S/C24H27F5O/c1-2-30-20-15-14-19(23(28)24(20)29)18-13-12-17(21(26)22(18)27)11-9-7-5-3-4-6-8-10-16-25/h4,6,12-15H,2-3,5,7-11,16H2,1H3/b6-4+. The van der Waals surface area contributed by atoms with Gasteiger partial charge in [-0.05, 0) is 63.1 Å². The van der Waals surface area contributed by atoms with E-state index < -0.39 is 23.3 Å². The Morgan fingerprint density at radius 2 is 1.37 bits per heavy atom. The third-order valence-electron chi connectivity index (χ3n) is 4.79. The molecule has 0 radical (unpaired) electrons. The van der Waals surface area contributed by atoms with Crippen LogP contribution in [-0.2, 0) is 6.42 Å². The first-order valence-corrected chi connectivity index (χ1v) is 10.3. The summed E-state index contributed by atoms with van der Waals surface area (Å²) in [5, 5.41) is 0. The Hall–Kier alpha value is -2.37. The van der Waals surface area contributed by atoms with Crippen molar-refractivity contribution in [1.29, 1.82) is 0 Å². The van der Waals surface area contributed by atoms with Gasteiger partial charge in [0.05, 0.1) is 13.3 Å². The first kappa shape index (κ1) is 23.9. The molecule has 0 unspecified atom stereocenters. The highest BCUT2D eigenvalue weighted by Crippen LogP contribution is 2.33. The molecule has 30 heavy (non-hydrogen) atoms. The summed E-state index contributed by atoms with van der Waals surface area (Å²) in [6.45, 7) is 1.47. The predicted octanol–water partition coefficient (Wildman–Crippen LogP) is 7.72. The van der Waals surface area contributed by atoms with Gasteiger partial charge in [-0.3, -0.25) is 4.39 Å². The average Bonchev–Trinajstić information content (AvgIpc) is 2.74. The van der Waals surface area contributed by atoms with Crippen LogP contribution in [0.15, 0.2) is 36.4 Å². The molecule has 0 saturated heterocycles. The van der Waals surface area contributed by atoms with Crippen molar-refractivity contribution in [3.63, 3.8) is 0 Å². The topological polar surface area (TPSA) is 9.23 Å². The molecule has 0 heterocycles. The van der Waals surface area contributed by atoms with E-state index in [2.05, 4.69) is 0 Å². The number of allylic oxidation sites excluding steroid dienone is 2. The van der Waals surface area contributed by atoms with Gasteiger partial charge in [-0.25, -0.2) is 13.2 Å². The minimum atomic E-state index is -1.27. The van der Waals surface area contributed by atoms with Crippen LogP contribution in [0.3, 0.4) is 0 Å². The monoisotopic (exact) mass is 426 g/mol. The maximum atomic E-state index is 14.6. The van der Waals surface area contributed by atoms with Gasteiger partial charge in [-0.2, -0.15) is 4.39 Å². The van der Waals surface area contributed by atoms with Crippen LogP contribution in [0.2, 0.25) is 0 Å². The first-order chi connectivity index (χ1) is 14.5. The molecule has 0 atom stereocenters. The highest BCUT2D eigenvalue weighted by atomic mass is 19.2. The smallest absolute Gasteiger partial charge is 0.201 e. The Bertz CT molecular complexity index is 848. The van der Waals surface area contributed by atoms with E-state index in [1.807, 2.05) is 12.2 Å². The van der Waals surface area contributed by atoms with Crippen LogP contribution in [0.5, 0.6) is 5.75 Å². The van der Waals surface area contributed by atoms with Crippen molar-refractivity contribution in [2.24, 2.45) is 0 Å². The van der Waals surface area contributed by atoms with E-state index in [0.29, 0.717) is 19.3 Å². The van der Waals surface area contributed by atoms with Crippen LogP contribution in [0.4, 0.5) is 22.0 Å². The fraction of sp³-hybridized carbons (Fsp3) is 0.417. The zero-order valence-electron chi connectivity index (χ0n) is 17.1. The number of hydrogen-bond donors (Lipinski definition) is 0. The molecular weight excluding hydrogens is 399 g/mol. The molecule has 0 aromatic heterocycles. The second-order valence-corrected chi connectivity index (χ2v) is 6.97.